The first-order valence-corrected chi connectivity index (χ1v) is 13.5. The molecule has 0 N–H and O–H groups in total. The van der Waals surface area contributed by atoms with Crippen LogP contribution in [0.4, 0.5) is 4.39 Å². The molecule has 2 atom stereocenters. The predicted octanol–water partition coefficient (Wildman–Crippen LogP) is 4.53. The number of amides is 1. The van der Waals surface area contributed by atoms with E-state index in [1.807, 2.05) is 6.07 Å². The van der Waals surface area contributed by atoms with E-state index in [0.717, 1.165) is 5.56 Å². The van der Waals surface area contributed by atoms with Crippen molar-refractivity contribution in [3.63, 3.8) is 0 Å². The Labute approximate surface area is 238 Å². The zero-order chi connectivity index (χ0) is 28.6. The summed E-state index contributed by atoms with van der Waals surface area (Å²) in [5, 5.41) is 0.634. The number of benzene rings is 1. The molecule has 1 amide bonds. The fourth-order valence-corrected chi connectivity index (χ4v) is 5.48. The summed E-state index contributed by atoms with van der Waals surface area (Å²) in [5.41, 5.74) is 2.99. The molecule has 0 aliphatic carbocycles. The van der Waals surface area contributed by atoms with E-state index in [0.29, 0.717) is 43.9 Å². The van der Waals surface area contributed by atoms with Crippen LogP contribution in [-0.2, 0) is 22.6 Å². The summed E-state index contributed by atoms with van der Waals surface area (Å²) in [6, 6.07) is 7.93. The monoisotopic (exact) mass is 607 g/mol. The third-order valence-corrected chi connectivity index (χ3v) is 7.49. The standard InChI is InChI=1S/C29H27BrFN5O4/c1-16(37)23-14-35(24-10-27(40-3)21(9-22(23)24)18-11-32-17(2)33-12-18)15-29(39)36-13-19(31)7-25(36)26(38)8-20-5-4-6-28(30)34-20/h4-6,9-12,14,19,25H,7-8,13,15H2,1-3H3/t19-,25+/m1/s1. The molecule has 40 heavy (non-hydrogen) atoms. The number of carbonyl (C=O) groups is 3. The maximum Gasteiger partial charge on any atom is 0.243 e. The van der Waals surface area contributed by atoms with E-state index in [4.69, 9.17) is 4.74 Å². The minimum absolute atomic E-state index is 0.00968. The highest BCUT2D eigenvalue weighted by Gasteiger charge is 2.39. The molecule has 9 nitrogen and oxygen atoms in total. The number of fused-ring (bicyclic) bond motifs is 1. The SMILES string of the molecule is COc1cc2c(cc1-c1cnc(C)nc1)c(C(C)=O)cn2CC(=O)N1C[C@H](F)C[C@H]1C(=O)Cc1cccc(Br)n1. The molecular formula is C29H27BrFN5O4. The molecule has 1 aliphatic heterocycles. The van der Waals surface area contributed by atoms with Crippen molar-refractivity contribution in [3.05, 3.63) is 70.6 Å². The zero-order valence-corrected chi connectivity index (χ0v) is 23.8. The summed E-state index contributed by atoms with van der Waals surface area (Å²) in [5.74, 6) is 0.281. The number of pyridine rings is 1. The first-order chi connectivity index (χ1) is 19.1. The Bertz CT molecular complexity index is 1620. The van der Waals surface area contributed by atoms with Crippen LogP contribution in [0.25, 0.3) is 22.0 Å². The van der Waals surface area contributed by atoms with Crippen LogP contribution in [0.2, 0.25) is 0 Å². The number of carbonyl (C=O) groups excluding carboxylic acids is 3. The minimum atomic E-state index is -1.30. The van der Waals surface area contributed by atoms with E-state index in [2.05, 4.69) is 30.9 Å². The summed E-state index contributed by atoms with van der Waals surface area (Å²) in [7, 11) is 1.53. The number of alkyl halides is 1. The quantitative estimate of drug-likeness (QED) is 0.214. The van der Waals surface area contributed by atoms with Crippen LogP contribution in [-0.4, -0.2) is 67.8 Å². The topological polar surface area (TPSA) is 107 Å². The molecule has 1 fully saturated rings. The van der Waals surface area contributed by atoms with Gasteiger partial charge < -0.3 is 14.2 Å². The van der Waals surface area contributed by atoms with Gasteiger partial charge in [-0.3, -0.25) is 14.4 Å². The lowest BCUT2D eigenvalue weighted by Gasteiger charge is -2.24. The number of ketones is 2. The Balaban J connectivity index is 1.46. The number of ether oxygens (including phenoxy) is 1. The van der Waals surface area contributed by atoms with Crippen molar-refractivity contribution >= 4 is 44.3 Å². The predicted molar refractivity (Wildman–Crippen MR) is 150 cm³/mol. The highest BCUT2D eigenvalue weighted by Crippen LogP contribution is 2.36. The Kier molecular flexibility index (Phi) is 7.75. The van der Waals surface area contributed by atoms with E-state index >= 15 is 0 Å². The van der Waals surface area contributed by atoms with Gasteiger partial charge in [-0.25, -0.2) is 19.3 Å². The van der Waals surface area contributed by atoms with Gasteiger partial charge in [0.1, 0.15) is 28.9 Å². The van der Waals surface area contributed by atoms with E-state index in [9.17, 15) is 18.8 Å². The number of aromatic nitrogens is 4. The van der Waals surface area contributed by atoms with Gasteiger partial charge in [0.05, 0.1) is 31.6 Å². The summed E-state index contributed by atoms with van der Waals surface area (Å²) in [4.78, 5) is 53.3. The van der Waals surface area contributed by atoms with Crippen LogP contribution in [0.15, 0.2) is 53.5 Å². The molecule has 1 saturated heterocycles. The van der Waals surface area contributed by atoms with Crippen molar-refractivity contribution in [2.45, 2.75) is 45.4 Å². The number of hydrogen-bond acceptors (Lipinski definition) is 7. The summed E-state index contributed by atoms with van der Waals surface area (Å²) < 4.78 is 22.4. The van der Waals surface area contributed by atoms with Crippen LogP contribution in [0.5, 0.6) is 5.75 Å². The van der Waals surface area contributed by atoms with Crippen molar-refractivity contribution < 1.29 is 23.5 Å². The largest absolute Gasteiger partial charge is 0.496 e. The fraction of sp³-hybridized carbons (Fsp3) is 0.310. The molecule has 0 radical (unpaired) electrons. The number of Topliss-reactive ketones (excluding diaryl/α,β-unsaturated/α-hetero) is 2. The van der Waals surface area contributed by atoms with E-state index in [1.54, 1.807) is 54.3 Å². The van der Waals surface area contributed by atoms with E-state index in [1.165, 1.54) is 18.9 Å². The maximum absolute atomic E-state index is 14.5. The maximum atomic E-state index is 14.5. The second kappa shape index (κ2) is 11.2. The normalized spacial score (nSPS) is 16.9. The van der Waals surface area contributed by atoms with Gasteiger partial charge in [-0.15, -0.1) is 0 Å². The number of halogens is 2. The van der Waals surface area contributed by atoms with Gasteiger partial charge in [0.25, 0.3) is 0 Å². The molecule has 0 spiro atoms. The molecule has 1 aromatic carbocycles. The van der Waals surface area contributed by atoms with Crippen LogP contribution in [0.3, 0.4) is 0 Å². The number of methoxy groups -OCH3 is 1. The Morgan fingerprint density at radius 2 is 1.93 bits per heavy atom. The first kappa shape index (κ1) is 27.6. The number of likely N-dealkylation sites (tertiary alicyclic amines) is 1. The molecule has 206 valence electrons. The smallest absolute Gasteiger partial charge is 0.243 e. The van der Waals surface area contributed by atoms with Crippen molar-refractivity contribution in [3.8, 4) is 16.9 Å². The van der Waals surface area contributed by atoms with Crippen LogP contribution >= 0.6 is 15.9 Å². The molecular weight excluding hydrogens is 581 g/mol. The second-order valence-electron chi connectivity index (χ2n) is 9.81. The highest BCUT2D eigenvalue weighted by molar-refractivity contribution is 9.10. The number of nitrogens with zero attached hydrogens (tertiary/aromatic N) is 5. The van der Waals surface area contributed by atoms with Crippen molar-refractivity contribution in [2.24, 2.45) is 0 Å². The lowest BCUT2D eigenvalue weighted by molar-refractivity contribution is -0.137. The van der Waals surface area contributed by atoms with Crippen molar-refractivity contribution in [1.82, 2.24) is 24.4 Å². The van der Waals surface area contributed by atoms with Gasteiger partial charge in [-0.05, 0) is 48.0 Å². The van der Waals surface area contributed by atoms with Crippen LogP contribution in [0.1, 0.15) is 35.2 Å². The zero-order valence-electron chi connectivity index (χ0n) is 22.2. The highest BCUT2D eigenvalue weighted by atomic mass is 79.9. The average Bonchev–Trinajstić information content (AvgIpc) is 3.49. The Hall–Kier alpha value is -3.99. The second-order valence-corrected chi connectivity index (χ2v) is 10.6. The summed E-state index contributed by atoms with van der Waals surface area (Å²) in [6.07, 6.45) is 3.61. The van der Waals surface area contributed by atoms with Crippen LogP contribution < -0.4 is 4.74 Å². The third-order valence-electron chi connectivity index (χ3n) is 7.05. The van der Waals surface area contributed by atoms with Crippen molar-refractivity contribution in [2.75, 3.05) is 13.7 Å². The van der Waals surface area contributed by atoms with Gasteiger partial charge in [-0.2, -0.15) is 0 Å². The molecule has 4 aromatic rings. The Morgan fingerprint density at radius 3 is 2.60 bits per heavy atom. The van der Waals surface area contributed by atoms with Gasteiger partial charge in [0, 0.05) is 58.8 Å². The molecule has 0 saturated carbocycles. The molecule has 11 heteroatoms. The molecule has 1 aliphatic rings. The van der Waals surface area contributed by atoms with Gasteiger partial charge in [-0.1, -0.05) is 6.07 Å². The van der Waals surface area contributed by atoms with E-state index < -0.39 is 18.1 Å². The molecule has 0 unspecified atom stereocenters. The molecule has 0 bridgehead atoms. The number of aryl methyl sites for hydroxylation is 1. The lowest BCUT2D eigenvalue weighted by Crippen LogP contribution is -2.42. The summed E-state index contributed by atoms with van der Waals surface area (Å²) in [6.45, 7) is 2.90. The Morgan fingerprint density at radius 1 is 1.18 bits per heavy atom. The van der Waals surface area contributed by atoms with E-state index in [-0.39, 0.29) is 37.5 Å². The first-order valence-electron chi connectivity index (χ1n) is 12.7. The number of rotatable bonds is 8. The average molecular weight is 608 g/mol. The number of hydrogen-bond donors (Lipinski definition) is 0. The minimum Gasteiger partial charge on any atom is -0.496 e. The van der Waals surface area contributed by atoms with Gasteiger partial charge >= 0.3 is 0 Å². The molecule has 5 rings (SSSR count). The molecule has 4 heterocycles. The van der Waals surface area contributed by atoms with Crippen molar-refractivity contribution in [1.29, 1.82) is 0 Å². The fourth-order valence-electron chi connectivity index (χ4n) is 5.10. The molecule has 3 aromatic heterocycles. The van der Waals surface area contributed by atoms with Gasteiger partial charge in [0.2, 0.25) is 5.91 Å². The lowest BCUT2D eigenvalue weighted by atomic mass is 10.0. The van der Waals surface area contributed by atoms with Crippen LogP contribution in [0, 0.1) is 6.92 Å². The summed E-state index contributed by atoms with van der Waals surface area (Å²) >= 11 is 3.29. The van der Waals surface area contributed by atoms with Gasteiger partial charge in [0.15, 0.2) is 11.6 Å². The third kappa shape index (κ3) is 5.51.